The number of carbonyl (C=O) groups excluding carboxylic acids is 1. The van der Waals surface area contributed by atoms with Gasteiger partial charge in [-0.2, -0.15) is 0 Å². The summed E-state index contributed by atoms with van der Waals surface area (Å²) in [6.07, 6.45) is 13.6. The van der Waals surface area contributed by atoms with Crippen LogP contribution in [0.2, 0.25) is 0 Å². The Hall–Kier alpha value is -4.57. The van der Waals surface area contributed by atoms with Crippen LogP contribution in [0.3, 0.4) is 0 Å². The zero-order valence-electron chi connectivity index (χ0n) is 31.6. The van der Waals surface area contributed by atoms with E-state index in [0.29, 0.717) is 0 Å². The summed E-state index contributed by atoms with van der Waals surface area (Å²) in [5.41, 5.74) is 0. The molecule has 2 aromatic heterocycles. The Morgan fingerprint density at radius 2 is 0.796 bits per heavy atom. The van der Waals surface area contributed by atoms with Gasteiger partial charge in [0, 0.05) is 51.0 Å². The summed E-state index contributed by atoms with van der Waals surface area (Å²) < 4.78 is 4.44. The van der Waals surface area contributed by atoms with Gasteiger partial charge >= 0.3 is 6.03 Å². The van der Waals surface area contributed by atoms with E-state index in [4.69, 9.17) is 0 Å². The predicted molar refractivity (Wildman–Crippen MR) is 227 cm³/mol. The first-order chi connectivity index (χ1) is 26.6. The molecule has 278 valence electrons. The van der Waals surface area contributed by atoms with Crippen molar-refractivity contribution in [2.75, 3.05) is 25.4 Å². The molecule has 1 aliphatic rings. The third-order valence-electron chi connectivity index (χ3n) is 10.7. The van der Waals surface area contributed by atoms with Gasteiger partial charge in [-0.15, -0.1) is 0 Å². The molecule has 2 atom stereocenters. The van der Waals surface area contributed by atoms with Crippen molar-refractivity contribution in [1.82, 2.24) is 28.9 Å². The van der Waals surface area contributed by atoms with Crippen molar-refractivity contribution >= 4 is 43.1 Å². The molecule has 54 heavy (non-hydrogen) atoms. The third kappa shape index (κ3) is 9.20. The summed E-state index contributed by atoms with van der Waals surface area (Å²) in [4.78, 5) is 28.5. The molecule has 7 rings (SSSR count). The molecule has 2 amide bonds. The number of aromatic nitrogens is 4. The Morgan fingerprint density at radius 3 is 1.09 bits per heavy atom. The summed E-state index contributed by atoms with van der Waals surface area (Å²) in [6, 6.07) is 44.4. The standard InChI is InChI=1S/C45H52N6OP2/c1-37-46-27-33-48(37)29-15-17-31-50-43(35-53(39-19-7-3-8-20-39)40-21-9-4-10-22-40)44(51(45(50)52)32-18-16-30-49-34-28-47-38(49)2)36-54(41-23-11-5-12-24-41)42-25-13-6-14-26-42/h3-14,19-28,33-34,43-44H,15-18,29-32,35-36H2,1-2H3/t43-,44-/m1/s1. The van der Waals surface area contributed by atoms with E-state index in [9.17, 15) is 0 Å². The van der Waals surface area contributed by atoms with Crippen LogP contribution in [-0.4, -0.2) is 72.4 Å². The molecule has 0 bridgehead atoms. The lowest BCUT2D eigenvalue weighted by atomic mass is 10.1. The SMILES string of the molecule is Cc1nccn1CCCCN1C(=O)N(CCCCn2ccnc2C)[C@H](CP(c2ccccc2)c2ccccc2)[C@H]1CP(c1ccccc1)c1ccccc1. The van der Waals surface area contributed by atoms with E-state index in [1.54, 1.807) is 0 Å². The van der Waals surface area contributed by atoms with Crippen molar-refractivity contribution in [2.24, 2.45) is 0 Å². The number of urea groups is 1. The van der Waals surface area contributed by atoms with Gasteiger partial charge in [-0.05, 0) is 88.9 Å². The average molecular weight is 755 g/mol. The van der Waals surface area contributed by atoms with Gasteiger partial charge in [-0.25, -0.2) is 14.8 Å². The molecule has 3 heterocycles. The van der Waals surface area contributed by atoms with Gasteiger partial charge in [-0.3, -0.25) is 0 Å². The molecule has 0 N–H and O–H groups in total. The van der Waals surface area contributed by atoms with Crippen LogP contribution >= 0.6 is 15.8 Å². The van der Waals surface area contributed by atoms with E-state index in [1.807, 2.05) is 12.4 Å². The zero-order chi connectivity index (χ0) is 37.1. The van der Waals surface area contributed by atoms with Gasteiger partial charge in [0.2, 0.25) is 0 Å². The minimum absolute atomic E-state index is 0.0762. The molecule has 0 spiro atoms. The molecule has 6 aromatic rings. The average Bonchev–Trinajstić information content (AvgIpc) is 3.90. The molecule has 0 unspecified atom stereocenters. The normalized spacial score (nSPS) is 15.9. The first kappa shape index (κ1) is 37.7. The second-order valence-electron chi connectivity index (χ2n) is 14.1. The van der Waals surface area contributed by atoms with E-state index in [1.165, 1.54) is 21.2 Å². The van der Waals surface area contributed by atoms with Crippen LogP contribution < -0.4 is 21.2 Å². The molecule has 0 saturated carbocycles. The number of hydrogen-bond acceptors (Lipinski definition) is 3. The maximum Gasteiger partial charge on any atom is 0.320 e. The summed E-state index contributed by atoms with van der Waals surface area (Å²) in [5.74, 6) is 2.07. The maximum absolute atomic E-state index is 15.0. The third-order valence-corrected chi connectivity index (χ3v) is 15.9. The Bertz CT molecular complexity index is 1800. The van der Waals surface area contributed by atoms with Crippen LogP contribution in [0.4, 0.5) is 4.79 Å². The van der Waals surface area contributed by atoms with Gasteiger partial charge in [0.25, 0.3) is 0 Å². The van der Waals surface area contributed by atoms with Crippen molar-refractivity contribution in [2.45, 2.75) is 64.7 Å². The molecule has 9 heteroatoms. The maximum atomic E-state index is 15.0. The van der Waals surface area contributed by atoms with Gasteiger partial charge in [0.15, 0.2) is 0 Å². The first-order valence-electron chi connectivity index (χ1n) is 19.3. The first-order valence-corrected chi connectivity index (χ1v) is 22.4. The minimum atomic E-state index is -0.720. The molecule has 7 nitrogen and oxygen atoms in total. The predicted octanol–water partition coefficient (Wildman–Crippen LogP) is 7.70. The number of carbonyl (C=O) groups is 1. The van der Waals surface area contributed by atoms with Crippen molar-refractivity contribution in [1.29, 1.82) is 0 Å². The highest BCUT2D eigenvalue weighted by atomic mass is 31.1. The number of imidazole rings is 2. The number of aryl methyl sites for hydroxylation is 4. The second kappa shape index (κ2) is 18.7. The summed E-state index contributed by atoms with van der Waals surface area (Å²) >= 11 is 0. The highest BCUT2D eigenvalue weighted by Gasteiger charge is 2.47. The Labute approximate surface area is 323 Å². The molecule has 0 aliphatic carbocycles. The van der Waals surface area contributed by atoms with Crippen LogP contribution in [0.1, 0.15) is 37.3 Å². The number of nitrogens with zero attached hydrogens (tertiary/aromatic N) is 6. The van der Waals surface area contributed by atoms with E-state index >= 15 is 4.79 Å². The minimum Gasteiger partial charge on any atom is -0.335 e. The topological polar surface area (TPSA) is 59.2 Å². The van der Waals surface area contributed by atoms with Crippen LogP contribution in [0.15, 0.2) is 146 Å². The van der Waals surface area contributed by atoms with E-state index in [0.717, 1.165) is 75.8 Å². The number of unbranched alkanes of at least 4 members (excludes halogenated alkanes) is 2. The molecule has 1 fully saturated rings. The van der Waals surface area contributed by atoms with Gasteiger partial charge < -0.3 is 18.9 Å². The van der Waals surface area contributed by atoms with Crippen molar-refractivity contribution < 1.29 is 4.79 Å². The van der Waals surface area contributed by atoms with Gasteiger partial charge in [0.1, 0.15) is 11.6 Å². The quantitative estimate of drug-likeness (QED) is 0.0668. The van der Waals surface area contributed by atoms with Crippen LogP contribution in [0.5, 0.6) is 0 Å². The monoisotopic (exact) mass is 754 g/mol. The lowest BCUT2D eigenvalue weighted by Crippen LogP contribution is -2.44. The highest BCUT2D eigenvalue weighted by Crippen LogP contribution is 2.43. The smallest absolute Gasteiger partial charge is 0.320 e. The van der Waals surface area contributed by atoms with Crippen LogP contribution in [-0.2, 0) is 13.1 Å². The van der Waals surface area contributed by atoms with Crippen LogP contribution in [0.25, 0.3) is 0 Å². The zero-order valence-corrected chi connectivity index (χ0v) is 33.4. The molecule has 1 saturated heterocycles. The van der Waals surface area contributed by atoms with Crippen molar-refractivity contribution in [3.63, 3.8) is 0 Å². The fraction of sp³-hybridized carbons (Fsp3) is 0.311. The van der Waals surface area contributed by atoms with Gasteiger partial charge in [0.05, 0.1) is 12.1 Å². The Balaban J connectivity index is 1.24. The Kier molecular flexibility index (Phi) is 13.0. The van der Waals surface area contributed by atoms with E-state index in [-0.39, 0.29) is 18.1 Å². The lowest BCUT2D eigenvalue weighted by Gasteiger charge is -2.34. The molecular weight excluding hydrogens is 702 g/mol. The van der Waals surface area contributed by atoms with Crippen LogP contribution in [0, 0.1) is 13.8 Å². The number of amides is 2. The van der Waals surface area contributed by atoms with E-state index in [2.05, 4.69) is 176 Å². The second-order valence-corrected chi connectivity index (χ2v) is 18.6. The molecule has 1 aliphatic heterocycles. The number of hydrogen-bond donors (Lipinski definition) is 0. The number of rotatable bonds is 18. The summed E-state index contributed by atoms with van der Waals surface area (Å²) in [5, 5.41) is 5.46. The molecule has 0 radical (unpaired) electrons. The highest BCUT2D eigenvalue weighted by molar-refractivity contribution is 7.73. The summed E-state index contributed by atoms with van der Waals surface area (Å²) in [7, 11) is -1.44. The lowest BCUT2D eigenvalue weighted by molar-refractivity contribution is 0.184. The van der Waals surface area contributed by atoms with Crippen molar-refractivity contribution in [3.8, 4) is 0 Å². The molecule has 4 aromatic carbocycles. The number of benzene rings is 4. The fourth-order valence-electron chi connectivity index (χ4n) is 7.76. The Morgan fingerprint density at radius 1 is 0.481 bits per heavy atom. The van der Waals surface area contributed by atoms with E-state index < -0.39 is 15.8 Å². The van der Waals surface area contributed by atoms with Crippen molar-refractivity contribution in [3.05, 3.63) is 158 Å². The molecular formula is C45H52N6OP2. The summed E-state index contributed by atoms with van der Waals surface area (Å²) in [6.45, 7) is 7.44. The fourth-order valence-corrected chi connectivity index (χ4v) is 13.0. The largest absolute Gasteiger partial charge is 0.335 e. The van der Waals surface area contributed by atoms with Gasteiger partial charge in [-0.1, -0.05) is 121 Å².